The zero-order valence-corrected chi connectivity index (χ0v) is 24.4. The monoisotopic (exact) mass is 587 g/mol. The number of carbonyl (C=O) groups is 2. The van der Waals surface area contributed by atoms with Gasteiger partial charge in [0.2, 0.25) is 11.8 Å². The number of benzene rings is 3. The van der Waals surface area contributed by atoms with Crippen LogP contribution in [0.1, 0.15) is 37.5 Å². The molecule has 0 spiro atoms. The largest absolute Gasteiger partial charge is 0.350 e. The number of hydrogen-bond acceptors (Lipinski definition) is 5. The van der Waals surface area contributed by atoms with Crippen LogP contribution in [-0.2, 0) is 28.3 Å². The molecule has 0 saturated carbocycles. The molecule has 1 atom stereocenters. The molecule has 3 rings (SSSR count). The van der Waals surface area contributed by atoms with Crippen LogP contribution < -0.4 is 5.32 Å². The Kier molecular flexibility index (Phi) is 10.8. The number of carbonyl (C=O) groups excluding carboxylic acids is 2. The number of nitro groups is 1. The van der Waals surface area contributed by atoms with E-state index in [1.165, 1.54) is 23.9 Å². The van der Waals surface area contributed by atoms with Gasteiger partial charge in [-0.15, -0.1) is 11.8 Å². The molecular weight excluding hydrogens is 557 g/mol. The molecule has 0 bridgehead atoms. The van der Waals surface area contributed by atoms with E-state index in [2.05, 4.69) is 5.32 Å². The summed E-state index contributed by atoms with van der Waals surface area (Å²) < 4.78 is 0. The minimum Gasteiger partial charge on any atom is -0.350 e. The quantitative estimate of drug-likeness (QED) is 0.199. The van der Waals surface area contributed by atoms with Gasteiger partial charge < -0.3 is 10.2 Å². The van der Waals surface area contributed by atoms with Crippen LogP contribution in [0.2, 0.25) is 10.0 Å². The SMILES string of the molecule is CC(C)(C)NC(=O)[C@H](Cc1ccccc1)N(Cc1c(Cl)cccc1Cl)C(=O)CSCc1ccc([N+](=O)[O-])cc1. The van der Waals surface area contributed by atoms with Gasteiger partial charge in [0, 0.05) is 52.0 Å². The van der Waals surface area contributed by atoms with E-state index in [0.29, 0.717) is 27.8 Å². The highest BCUT2D eigenvalue weighted by Gasteiger charge is 2.33. The van der Waals surface area contributed by atoms with Gasteiger partial charge in [-0.1, -0.05) is 71.7 Å². The van der Waals surface area contributed by atoms with Crippen LogP contribution in [-0.4, -0.2) is 39.0 Å². The molecule has 206 valence electrons. The van der Waals surface area contributed by atoms with Gasteiger partial charge in [-0.3, -0.25) is 19.7 Å². The summed E-state index contributed by atoms with van der Waals surface area (Å²) >= 11 is 14.3. The second-order valence-electron chi connectivity index (χ2n) is 10.1. The minimum absolute atomic E-state index is 0.0104. The Balaban J connectivity index is 1.89. The summed E-state index contributed by atoms with van der Waals surface area (Å²) in [5.74, 6) is 0.0425. The molecule has 0 aliphatic carbocycles. The number of halogens is 2. The normalized spacial score (nSPS) is 12.0. The fourth-order valence-corrected chi connectivity index (χ4v) is 5.30. The van der Waals surface area contributed by atoms with E-state index in [1.807, 2.05) is 51.1 Å². The highest BCUT2D eigenvalue weighted by Crippen LogP contribution is 2.28. The first-order chi connectivity index (χ1) is 18.4. The Morgan fingerprint density at radius 2 is 1.56 bits per heavy atom. The van der Waals surface area contributed by atoms with E-state index in [1.54, 1.807) is 35.2 Å². The fourth-order valence-electron chi connectivity index (χ4n) is 3.91. The Labute approximate surface area is 243 Å². The molecule has 0 fully saturated rings. The van der Waals surface area contributed by atoms with Crippen LogP contribution in [0.3, 0.4) is 0 Å². The second-order valence-corrected chi connectivity index (χ2v) is 11.9. The first kappa shape index (κ1) is 30.5. The second kappa shape index (κ2) is 13.8. The lowest BCUT2D eigenvalue weighted by atomic mass is 10.0. The predicted octanol–water partition coefficient (Wildman–Crippen LogP) is 6.69. The van der Waals surface area contributed by atoms with E-state index in [9.17, 15) is 19.7 Å². The van der Waals surface area contributed by atoms with Crippen LogP contribution in [0.4, 0.5) is 5.69 Å². The van der Waals surface area contributed by atoms with Crippen LogP contribution in [0.25, 0.3) is 0 Å². The third-order valence-corrected chi connectivity index (χ3v) is 7.50. The van der Waals surface area contributed by atoms with Gasteiger partial charge in [-0.25, -0.2) is 0 Å². The highest BCUT2D eigenvalue weighted by atomic mass is 35.5. The molecule has 39 heavy (non-hydrogen) atoms. The van der Waals surface area contributed by atoms with E-state index < -0.39 is 16.5 Å². The standard InChI is InChI=1S/C29H31Cl2N3O4S/c1-29(2,3)32-28(36)26(16-20-8-5-4-6-9-20)33(17-23-24(30)10-7-11-25(23)31)27(35)19-39-18-21-12-14-22(15-13-21)34(37)38/h4-15,26H,16-19H2,1-3H3,(H,32,36)/t26-/m0/s1. The summed E-state index contributed by atoms with van der Waals surface area (Å²) in [5.41, 5.74) is 1.83. The average Bonchev–Trinajstić information content (AvgIpc) is 2.87. The van der Waals surface area contributed by atoms with Crippen molar-refractivity contribution in [2.45, 2.75) is 51.1 Å². The Hall–Kier alpha value is -3.07. The zero-order chi connectivity index (χ0) is 28.6. The maximum Gasteiger partial charge on any atom is 0.269 e. The van der Waals surface area contributed by atoms with Gasteiger partial charge in [-0.2, -0.15) is 0 Å². The lowest BCUT2D eigenvalue weighted by molar-refractivity contribution is -0.384. The molecule has 3 aromatic carbocycles. The fraction of sp³-hybridized carbons (Fsp3) is 0.310. The molecule has 1 N–H and O–H groups in total. The lowest BCUT2D eigenvalue weighted by Crippen LogP contribution is -2.54. The summed E-state index contributed by atoms with van der Waals surface area (Å²) in [7, 11) is 0. The van der Waals surface area contributed by atoms with Crippen LogP contribution in [0.5, 0.6) is 0 Å². The molecule has 0 aliphatic heterocycles. The topological polar surface area (TPSA) is 92.6 Å². The summed E-state index contributed by atoms with van der Waals surface area (Å²) in [4.78, 5) is 39.4. The van der Waals surface area contributed by atoms with Gasteiger partial charge in [0.05, 0.1) is 10.7 Å². The zero-order valence-electron chi connectivity index (χ0n) is 22.0. The molecule has 10 heteroatoms. The van der Waals surface area contributed by atoms with Crippen molar-refractivity contribution in [3.63, 3.8) is 0 Å². The highest BCUT2D eigenvalue weighted by molar-refractivity contribution is 7.99. The average molecular weight is 589 g/mol. The Morgan fingerprint density at radius 1 is 0.949 bits per heavy atom. The molecule has 0 radical (unpaired) electrons. The van der Waals surface area contributed by atoms with Crippen LogP contribution >= 0.6 is 35.0 Å². The molecule has 7 nitrogen and oxygen atoms in total. The molecular formula is C29H31Cl2N3O4S. The van der Waals surface area contributed by atoms with Gasteiger partial charge in [0.25, 0.3) is 5.69 Å². The number of nitrogens with one attached hydrogen (secondary N) is 1. The molecule has 0 aromatic heterocycles. The number of non-ortho nitro benzene ring substituents is 1. The van der Waals surface area contributed by atoms with Gasteiger partial charge in [0.15, 0.2) is 0 Å². The van der Waals surface area contributed by atoms with Gasteiger partial charge >= 0.3 is 0 Å². The van der Waals surface area contributed by atoms with Gasteiger partial charge in [0.1, 0.15) is 6.04 Å². The maximum atomic E-state index is 13.8. The summed E-state index contributed by atoms with van der Waals surface area (Å²) in [6, 6.07) is 20.1. The smallest absolute Gasteiger partial charge is 0.269 e. The molecule has 0 saturated heterocycles. The summed E-state index contributed by atoms with van der Waals surface area (Å²) in [6.45, 7) is 5.73. The van der Waals surface area contributed by atoms with E-state index in [4.69, 9.17) is 23.2 Å². The molecule has 0 aliphatic rings. The minimum atomic E-state index is -0.813. The van der Waals surface area contributed by atoms with Crippen molar-refractivity contribution in [2.24, 2.45) is 0 Å². The van der Waals surface area contributed by atoms with Crippen molar-refractivity contribution < 1.29 is 14.5 Å². The van der Waals surface area contributed by atoms with Crippen LogP contribution in [0.15, 0.2) is 72.8 Å². The van der Waals surface area contributed by atoms with Gasteiger partial charge in [-0.05, 0) is 44.0 Å². The van der Waals surface area contributed by atoms with Crippen molar-refractivity contribution in [3.8, 4) is 0 Å². The lowest BCUT2D eigenvalue weighted by Gasteiger charge is -2.34. The van der Waals surface area contributed by atoms with Crippen LogP contribution in [0, 0.1) is 10.1 Å². The number of rotatable bonds is 11. The molecule has 0 heterocycles. The predicted molar refractivity (Wildman–Crippen MR) is 158 cm³/mol. The van der Waals surface area contributed by atoms with Crippen molar-refractivity contribution in [3.05, 3.63) is 110 Å². The summed E-state index contributed by atoms with van der Waals surface area (Å²) in [5, 5.41) is 14.8. The maximum absolute atomic E-state index is 13.8. The van der Waals surface area contributed by atoms with E-state index in [0.717, 1.165) is 11.1 Å². The number of hydrogen-bond donors (Lipinski definition) is 1. The molecule has 0 unspecified atom stereocenters. The summed E-state index contributed by atoms with van der Waals surface area (Å²) in [6.07, 6.45) is 0.309. The Bertz CT molecular complexity index is 1280. The van der Waals surface area contributed by atoms with E-state index >= 15 is 0 Å². The van der Waals surface area contributed by atoms with Crippen molar-refractivity contribution in [1.82, 2.24) is 10.2 Å². The molecule has 3 aromatic rings. The number of amides is 2. The number of nitrogens with zero attached hydrogens (tertiary/aromatic N) is 2. The first-order valence-corrected chi connectivity index (χ1v) is 14.2. The molecule has 2 amide bonds. The van der Waals surface area contributed by atoms with Crippen molar-refractivity contribution >= 4 is 52.5 Å². The third-order valence-electron chi connectivity index (χ3n) is 5.80. The third kappa shape index (κ3) is 9.27. The number of thioether (sulfide) groups is 1. The number of nitro benzene ring substituents is 1. The van der Waals surface area contributed by atoms with E-state index in [-0.39, 0.29) is 29.8 Å². The van der Waals surface area contributed by atoms with Crippen molar-refractivity contribution in [2.75, 3.05) is 5.75 Å². The Morgan fingerprint density at radius 3 is 2.13 bits per heavy atom. The first-order valence-electron chi connectivity index (χ1n) is 12.3. The van der Waals surface area contributed by atoms with Crippen molar-refractivity contribution in [1.29, 1.82) is 0 Å².